The molecule has 2 heteroatoms. The van der Waals surface area contributed by atoms with Crippen LogP contribution in [0, 0.1) is 0 Å². The predicted molar refractivity (Wildman–Crippen MR) is 110 cm³/mol. The van der Waals surface area contributed by atoms with Crippen molar-refractivity contribution in [2.24, 2.45) is 0 Å². The van der Waals surface area contributed by atoms with Crippen LogP contribution in [0.25, 0.3) is 11.6 Å². The SMILES string of the molecule is CN(C)c1ccc(C=C(CC(=O)c2ccccc2)c2ccccc2)cc1. The smallest absolute Gasteiger partial charge is 0.167 e. The third kappa shape index (κ3) is 4.48. The number of carbonyl (C=O) groups excluding carboxylic acids is 1. The Morgan fingerprint density at radius 2 is 1.31 bits per heavy atom. The molecule has 0 aliphatic carbocycles. The van der Waals surface area contributed by atoms with Gasteiger partial charge in [0.15, 0.2) is 5.78 Å². The lowest BCUT2D eigenvalue weighted by Gasteiger charge is -2.12. The number of anilines is 1. The Balaban J connectivity index is 1.92. The molecule has 0 spiro atoms. The maximum absolute atomic E-state index is 12.7. The lowest BCUT2D eigenvalue weighted by Crippen LogP contribution is -2.07. The first-order valence-corrected chi connectivity index (χ1v) is 8.75. The minimum atomic E-state index is 0.130. The van der Waals surface area contributed by atoms with E-state index in [9.17, 15) is 4.79 Å². The molecule has 0 heterocycles. The highest BCUT2D eigenvalue weighted by Gasteiger charge is 2.10. The van der Waals surface area contributed by atoms with Gasteiger partial charge in [0.25, 0.3) is 0 Å². The van der Waals surface area contributed by atoms with Gasteiger partial charge >= 0.3 is 0 Å². The molecule has 0 amide bonds. The van der Waals surface area contributed by atoms with Crippen LogP contribution in [-0.4, -0.2) is 19.9 Å². The number of benzene rings is 3. The average Bonchev–Trinajstić information content (AvgIpc) is 2.69. The van der Waals surface area contributed by atoms with E-state index in [-0.39, 0.29) is 5.78 Å². The van der Waals surface area contributed by atoms with Crippen LogP contribution in [0.3, 0.4) is 0 Å². The molecule has 26 heavy (non-hydrogen) atoms. The fourth-order valence-electron chi connectivity index (χ4n) is 2.86. The lowest BCUT2D eigenvalue weighted by atomic mass is 9.95. The van der Waals surface area contributed by atoms with Crippen molar-refractivity contribution in [2.45, 2.75) is 6.42 Å². The van der Waals surface area contributed by atoms with Crippen molar-refractivity contribution in [3.63, 3.8) is 0 Å². The number of nitrogens with zero attached hydrogens (tertiary/aromatic N) is 1. The monoisotopic (exact) mass is 341 g/mol. The van der Waals surface area contributed by atoms with Gasteiger partial charge in [0.2, 0.25) is 0 Å². The Morgan fingerprint density at radius 1 is 0.769 bits per heavy atom. The normalized spacial score (nSPS) is 11.2. The molecule has 3 aromatic rings. The zero-order chi connectivity index (χ0) is 18.4. The zero-order valence-electron chi connectivity index (χ0n) is 15.2. The number of allylic oxidation sites excluding steroid dienone is 1. The van der Waals surface area contributed by atoms with E-state index >= 15 is 0 Å². The second-order valence-corrected chi connectivity index (χ2v) is 6.49. The molecule has 0 atom stereocenters. The van der Waals surface area contributed by atoms with E-state index in [0.717, 1.165) is 28.0 Å². The summed E-state index contributed by atoms with van der Waals surface area (Å²) in [5.41, 5.74) is 5.10. The highest BCUT2D eigenvalue weighted by molar-refractivity contribution is 6.04. The van der Waals surface area contributed by atoms with Crippen LogP contribution in [0.4, 0.5) is 5.69 Å². The molecule has 0 bridgehead atoms. The first-order valence-electron chi connectivity index (χ1n) is 8.75. The first-order chi connectivity index (χ1) is 12.6. The van der Waals surface area contributed by atoms with E-state index in [4.69, 9.17) is 0 Å². The maximum atomic E-state index is 12.7. The van der Waals surface area contributed by atoms with Crippen molar-refractivity contribution in [1.29, 1.82) is 0 Å². The second-order valence-electron chi connectivity index (χ2n) is 6.49. The van der Waals surface area contributed by atoms with Crippen molar-refractivity contribution in [2.75, 3.05) is 19.0 Å². The predicted octanol–water partition coefficient (Wildman–Crippen LogP) is 5.57. The van der Waals surface area contributed by atoms with Crippen LogP contribution < -0.4 is 4.90 Å². The van der Waals surface area contributed by atoms with Crippen LogP contribution in [0.5, 0.6) is 0 Å². The van der Waals surface area contributed by atoms with Gasteiger partial charge in [0.05, 0.1) is 0 Å². The fourth-order valence-corrected chi connectivity index (χ4v) is 2.86. The molecule has 0 aliphatic heterocycles. The molecule has 0 N–H and O–H groups in total. The third-order valence-corrected chi connectivity index (χ3v) is 4.34. The molecule has 130 valence electrons. The molecule has 0 saturated heterocycles. The summed E-state index contributed by atoms with van der Waals surface area (Å²) in [6, 6.07) is 27.9. The van der Waals surface area contributed by atoms with Crippen molar-refractivity contribution in [3.8, 4) is 0 Å². The van der Waals surface area contributed by atoms with E-state index < -0.39 is 0 Å². The molecular weight excluding hydrogens is 318 g/mol. The molecule has 0 aromatic heterocycles. The van der Waals surface area contributed by atoms with Crippen molar-refractivity contribution < 1.29 is 4.79 Å². The van der Waals surface area contributed by atoms with Crippen LogP contribution in [0.2, 0.25) is 0 Å². The van der Waals surface area contributed by atoms with Gasteiger partial charge in [-0.05, 0) is 28.8 Å². The summed E-state index contributed by atoms with van der Waals surface area (Å²) >= 11 is 0. The molecular formula is C24H23NO. The fraction of sp³-hybridized carbons (Fsp3) is 0.125. The molecule has 0 fully saturated rings. The number of Topliss-reactive ketones (excluding diaryl/α,β-unsaturated/α-hetero) is 1. The number of hydrogen-bond donors (Lipinski definition) is 0. The Kier molecular flexibility index (Phi) is 5.65. The summed E-state index contributed by atoms with van der Waals surface area (Å²) < 4.78 is 0. The lowest BCUT2D eigenvalue weighted by molar-refractivity contribution is 0.0998. The molecule has 0 saturated carbocycles. The van der Waals surface area contributed by atoms with Gasteiger partial charge < -0.3 is 4.90 Å². The Hall–Kier alpha value is -3.13. The summed E-state index contributed by atoms with van der Waals surface area (Å²) in [7, 11) is 4.05. The number of carbonyl (C=O) groups is 1. The summed E-state index contributed by atoms with van der Waals surface area (Å²) in [6.45, 7) is 0. The minimum absolute atomic E-state index is 0.130. The van der Waals surface area contributed by atoms with Gasteiger partial charge in [-0.2, -0.15) is 0 Å². The number of hydrogen-bond acceptors (Lipinski definition) is 2. The molecule has 2 nitrogen and oxygen atoms in total. The van der Waals surface area contributed by atoms with Crippen LogP contribution in [-0.2, 0) is 0 Å². The summed E-state index contributed by atoms with van der Waals surface area (Å²) in [4.78, 5) is 14.8. The van der Waals surface area contributed by atoms with Crippen LogP contribution >= 0.6 is 0 Å². The van der Waals surface area contributed by atoms with Gasteiger partial charge in [-0.25, -0.2) is 0 Å². The van der Waals surface area contributed by atoms with Gasteiger partial charge in [-0.15, -0.1) is 0 Å². The standard InChI is InChI=1S/C24H23NO/c1-25(2)23-15-13-19(14-16-23)17-22(20-9-5-3-6-10-20)18-24(26)21-11-7-4-8-12-21/h3-17H,18H2,1-2H3. The molecule has 0 aliphatic rings. The number of ketones is 1. The Morgan fingerprint density at radius 3 is 1.85 bits per heavy atom. The summed E-state index contributed by atoms with van der Waals surface area (Å²) in [5, 5.41) is 0. The minimum Gasteiger partial charge on any atom is -0.378 e. The highest BCUT2D eigenvalue weighted by Crippen LogP contribution is 2.24. The Bertz CT molecular complexity index is 879. The first kappa shape index (κ1) is 17.7. The van der Waals surface area contributed by atoms with Gasteiger partial charge in [0, 0.05) is 31.8 Å². The maximum Gasteiger partial charge on any atom is 0.167 e. The second kappa shape index (κ2) is 8.30. The quantitative estimate of drug-likeness (QED) is 0.432. The van der Waals surface area contributed by atoms with Crippen LogP contribution in [0.1, 0.15) is 27.9 Å². The van der Waals surface area contributed by atoms with Gasteiger partial charge in [0.1, 0.15) is 0 Å². The van der Waals surface area contributed by atoms with Crippen LogP contribution in [0.15, 0.2) is 84.9 Å². The van der Waals surface area contributed by atoms with Gasteiger partial charge in [-0.3, -0.25) is 4.79 Å². The highest BCUT2D eigenvalue weighted by atomic mass is 16.1. The van der Waals surface area contributed by atoms with E-state index in [1.54, 1.807) is 0 Å². The van der Waals surface area contributed by atoms with E-state index in [1.807, 2.05) is 62.6 Å². The Labute approximate surface area is 155 Å². The average molecular weight is 341 g/mol. The number of rotatable bonds is 6. The van der Waals surface area contributed by atoms with Crippen molar-refractivity contribution >= 4 is 23.1 Å². The van der Waals surface area contributed by atoms with Crippen molar-refractivity contribution in [3.05, 3.63) is 102 Å². The molecule has 0 radical (unpaired) electrons. The largest absolute Gasteiger partial charge is 0.378 e. The summed E-state index contributed by atoms with van der Waals surface area (Å²) in [5.74, 6) is 0.130. The molecule has 3 rings (SSSR count). The van der Waals surface area contributed by atoms with Gasteiger partial charge in [-0.1, -0.05) is 78.9 Å². The zero-order valence-corrected chi connectivity index (χ0v) is 15.2. The van der Waals surface area contributed by atoms with E-state index in [0.29, 0.717) is 6.42 Å². The van der Waals surface area contributed by atoms with E-state index in [2.05, 4.69) is 47.4 Å². The van der Waals surface area contributed by atoms with E-state index in [1.165, 1.54) is 0 Å². The third-order valence-electron chi connectivity index (χ3n) is 4.34. The topological polar surface area (TPSA) is 20.3 Å². The molecule has 3 aromatic carbocycles. The molecule has 0 unspecified atom stereocenters. The van der Waals surface area contributed by atoms with Crippen molar-refractivity contribution in [1.82, 2.24) is 0 Å². The summed E-state index contributed by atoms with van der Waals surface area (Å²) in [6.07, 6.45) is 2.49.